The monoisotopic (exact) mass is 288 g/mol. The summed E-state index contributed by atoms with van der Waals surface area (Å²) < 4.78 is 24.4. The van der Waals surface area contributed by atoms with Crippen molar-refractivity contribution in [3.63, 3.8) is 0 Å². The molecule has 0 bridgehead atoms. The molecule has 0 unspecified atom stereocenters. The number of sulfonamides is 1. The minimum atomic E-state index is -3.00. The minimum Gasteiger partial charge on any atom is -0.314 e. The van der Waals surface area contributed by atoms with Gasteiger partial charge in [0.15, 0.2) is 0 Å². The van der Waals surface area contributed by atoms with Crippen LogP contribution in [0.25, 0.3) is 0 Å². The molecule has 0 aliphatic carbocycles. The molecule has 2 atom stereocenters. The molecular formula is C14H28N2O2S. The van der Waals surface area contributed by atoms with Crippen LogP contribution in [0.3, 0.4) is 0 Å². The van der Waals surface area contributed by atoms with Crippen molar-refractivity contribution in [2.75, 3.05) is 25.9 Å². The predicted octanol–water partition coefficient (Wildman–Crippen LogP) is 1.99. The molecule has 5 heteroatoms. The average molecular weight is 288 g/mol. The van der Waals surface area contributed by atoms with Gasteiger partial charge in [0.05, 0.1) is 6.26 Å². The van der Waals surface area contributed by atoms with E-state index in [-0.39, 0.29) is 0 Å². The molecule has 1 aliphatic heterocycles. The fraction of sp³-hybridized carbons (Fsp3) is 0.857. The second-order valence-electron chi connectivity index (χ2n) is 5.94. The van der Waals surface area contributed by atoms with Crippen LogP contribution in [0.15, 0.2) is 11.6 Å². The molecule has 0 spiro atoms. The Kier molecular flexibility index (Phi) is 6.50. The van der Waals surface area contributed by atoms with Gasteiger partial charge in [0, 0.05) is 19.1 Å². The predicted molar refractivity (Wildman–Crippen MR) is 80.7 cm³/mol. The molecule has 1 fully saturated rings. The van der Waals surface area contributed by atoms with Crippen LogP contribution in [0.4, 0.5) is 0 Å². The molecule has 1 aliphatic rings. The fourth-order valence-electron chi connectivity index (χ4n) is 2.36. The lowest BCUT2D eigenvalue weighted by Gasteiger charge is -2.17. The van der Waals surface area contributed by atoms with Crippen molar-refractivity contribution in [2.45, 2.75) is 46.1 Å². The van der Waals surface area contributed by atoms with Crippen LogP contribution in [0.2, 0.25) is 0 Å². The van der Waals surface area contributed by atoms with Gasteiger partial charge in [0.1, 0.15) is 0 Å². The second-order valence-corrected chi connectivity index (χ2v) is 7.93. The van der Waals surface area contributed by atoms with Crippen LogP contribution < -0.4 is 5.32 Å². The average Bonchev–Trinajstić information content (AvgIpc) is 2.74. The Morgan fingerprint density at radius 2 is 2.16 bits per heavy atom. The Hall–Kier alpha value is -0.390. The third kappa shape index (κ3) is 6.54. The van der Waals surface area contributed by atoms with Crippen molar-refractivity contribution in [2.24, 2.45) is 5.92 Å². The van der Waals surface area contributed by atoms with Crippen molar-refractivity contribution in [1.82, 2.24) is 9.62 Å². The maximum Gasteiger partial charge on any atom is 0.211 e. The molecule has 0 aromatic heterocycles. The van der Waals surface area contributed by atoms with Crippen molar-refractivity contribution in [3.05, 3.63) is 11.6 Å². The molecule has 19 heavy (non-hydrogen) atoms. The van der Waals surface area contributed by atoms with Gasteiger partial charge in [-0.2, -0.15) is 0 Å². The van der Waals surface area contributed by atoms with Gasteiger partial charge in [-0.15, -0.1) is 0 Å². The van der Waals surface area contributed by atoms with Crippen molar-refractivity contribution < 1.29 is 8.42 Å². The Bertz CT molecular complexity index is 400. The van der Waals surface area contributed by atoms with Gasteiger partial charge in [-0.05, 0) is 52.5 Å². The van der Waals surface area contributed by atoms with E-state index in [1.165, 1.54) is 11.8 Å². The minimum absolute atomic E-state index is 0.459. The lowest BCUT2D eigenvalue weighted by molar-refractivity contribution is 0.421. The Morgan fingerprint density at radius 3 is 2.68 bits per heavy atom. The normalized spacial score (nSPS) is 22.4. The zero-order valence-corrected chi connectivity index (χ0v) is 13.5. The van der Waals surface area contributed by atoms with Gasteiger partial charge < -0.3 is 5.32 Å². The van der Waals surface area contributed by atoms with E-state index in [0.717, 1.165) is 25.8 Å². The Morgan fingerprint density at radius 1 is 1.47 bits per heavy atom. The number of hydrogen-bond acceptors (Lipinski definition) is 3. The fourth-order valence-corrected chi connectivity index (χ4v) is 3.28. The lowest BCUT2D eigenvalue weighted by Crippen LogP contribution is -2.33. The van der Waals surface area contributed by atoms with Crippen LogP contribution in [0.1, 0.15) is 40.0 Å². The second kappa shape index (κ2) is 7.41. The van der Waals surface area contributed by atoms with Crippen LogP contribution in [0, 0.1) is 5.92 Å². The number of allylic oxidation sites excluding steroid dienone is 2. The maximum absolute atomic E-state index is 11.4. The van der Waals surface area contributed by atoms with Crippen LogP contribution >= 0.6 is 0 Å². The summed E-state index contributed by atoms with van der Waals surface area (Å²) in [6, 6.07) is 0.489. The molecule has 1 rings (SSSR count). The molecular weight excluding hydrogens is 260 g/mol. The van der Waals surface area contributed by atoms with E-state index in [4.69, 9.17) is 0 Å². The molecule has 112 valence electrons. The van der Waals surface area contributed by atoms with E-state index in [0.29, 0.717) is 25.0 Å². The van der Waals surface area contributed by atoms with Gasteiger partial charge >= 0.3 is 0 Å². The van der Waals surface area contributed by atoms with Gasteiger partial charge in [-0.1, -0.05) is 11.6 Å². The summed E-state index contributed by atoms with van der Waals surface area (Å²) in [6.45, 7) is 8.71. The molecule has 1 N–H and O–H groups in total. The Balaban J connectivity index is 2.22. The number of nitrogens with zero attached hydrogens (tertiary/aromatic N) is 1. The van der Waals surface area contributed by atoms with E-state index in [2.05, 4.69) is 32.2 Å². The topological polar surface area (TPSA) is 49.4 Å². The van der Waals surface area contributed by atoms with E-state index >= 15 is 0 Å². The van der Waals surface area contributed by atoms with Crippen molar-refractivity contribution in [3.8, 4) is 0 Å². The molecule has 1 saturated heterocycles. The van der Waals surface area contributed by atoms with Gasteiger partial charge in [-0.3, -0.25) is 0 Å². The highest BCUT2D eigenvalue weighted by atomic mass is 32.2. The Labute approximate surface area is 118 Å². The zero-order valence-electron chi connectivity index (χ0n) is 12.6. The van der Waals surface area contributed by atoms with Crippen LogP contribution in [0.5, 0.6) is 0 Å². The van der Waals surface area contributed by atoms with E-state index < -0.39 is 10.0 Å². The standard InChI is InChI=1S/C14H28N2O2S/c1-12(2)6-5-7-13(3)15-10-14-8-9-16(11-14)19(4,17)18/h6,13-15H,5,7-11H2,1-4H3/t13-,14-/m1/s1. The van der Waals surface area contributed by atoms with E-state index in [1.54, 1.807) is 4.31 Å². The van der Waals surface area contributed by atoms with Crippen LogP contribution in [-0.2, 0) is 10.0 Å². The number of nitrogens with one attached hydrogen (secondary N) is 1. The number of hydrogen-bond donors (Lipinski definition) is 1. The summed E-state index contributed by atoms with van der Waals surface area (Å²) in [7, 11) is -3.00. The summed E-state index contributed by atoms with van der Waals surface area (Å²) in [4.78, 5) is 0. The first-order chi connectivity index (χ1) is 8.79. The van der Waals surface area contributed by atoms with Crippen molar-refractivity contribution >= 4 is 10.0 Å². The molecule has 0 saturated carbocycles. The summed E-state index contributed by atoms with van der Waals surface area (Å²) in [6.07, 6.45) is 6.77. The molecule has 0 amide bonds. The summed E-state index contributed by atoms with van der Waals surface area (Å²) in [5, 5.41) is 3.52. The smallest absolute Gasteiger partial charge is 0.211 e. The van der Waals surface area contributed by atoms with Gasteiger partial charge in [0.25, 0.3) is 0 Å². The number of rotatable bonds is 7. The highest BCUT2D eigenvalue weighted by molar-refractivity contribution is 7.88. The first kappa shape index (κ1) is 16.7. The summed E-state index contributed by atoms with van der Waals surface area (Å²) >= 11 is 0. The molecule has 1 heterocycles. The van der Waals surface area contributed by atoms with Crippen LogP contribution in [-0.4, -0.2) is 44.7 Å². The molecule has 0 aromatic carbocycles. The molecule has 0 aromatic rings. The first-order valence-electron chi connectivity index (χ1n) is 7.11. The zero-order chi connectivity index (χ0) is 14.5. The summed E-state index contributed by atoms with van der Waals surface area (Å²) in [5.74, 6) is 0.459. The van der Waals surface area contributed by atoms with Crippen molar-refractivity contribution in [1.29, 1.82) is 0 Å². The highest BCUT2D eigenvalue weighted by Gasteiger charge is 2.28. The van der Waals surface area contributed by atoms with Gasteiger partial charge in [0.2, 0.25) is 10.0 Å². The largest absolute Gasteiger partial charge is 0.314 e. The lowest BCUT2D eigenvalue weighted by atomic mass is 10.1. The third-order valence-electron chi connectivity index (χ3n) is 3.62. The maximum atomic E-state index is 11.4. The highest BCUT2D eigenvalue weighted by Crippen LogP contribution is 2.18. The molecule has 0 radical (unpaired) electrons. The van der Waals surface area contributed by atoms with Gasteiger partial charge in [-0.25, -0.2) is 12.7 Å². The summed E-state index contributed by atoms with van der Waals surface area (Å²) in [5.41, 5.74) is 1.37. The quantitative estimate of drug-likeness (QED) is 0.729. The first-order valence-corrected chi connectivity index (χ1v) is 8.95. The SMILES string of the molecule is CC(C)=CCC[C@@H](C)NC[C@H]1CCN(S(C)(=O)=O)C1. The third-order valence-corrected chi connectivity index (χ3v) is 4.89. The van der Waals surface area contributed by atoms with E-state index in [1.807, 2.05) is 0 Å². The molecule has 4 nitrogen and oxygen atoms in total. The van der Waals surface area contributed by atoms with E-state index in [9.17, 15) is 8.42 Å².